The van der Waals surface area contributed by atoms with E-state index in [1.54, 1.807) is 22.7 Å². The molecule has 0 amide bonds. The van der Waals surface area contributed by atoms with E-state index in [0.29, 0.717) is 0 Å². The quantitative estimate of drug-likeness (QED) is 0.403. The van der Waals surface area contributed by atoms with Gasteiger partial charge in [-0.2, -0.15) is 0 Å². The Hall–Kier alpha value is -2.04. The zero-order valence-electron chi connectivity index (χ0n) is 10.5. The van der Waals surface area contributed by atoms with E-state index < -0.39 is 0 Å². The van der Waals surface area contributed by atoms with Crippen LogP contribution in [0.15, 0.2) is 48.5 Å². The molecule has 0 saturated heterocycles. The Bertz CT molecular complexity index is 1020. The molecule has 3 aromatic heterocycles. The van der Waals surface area contributed by atoms with Crippen LogP contribution >= 0.6 is 22.7 Å². The third-order valence-electron chi connectivity index (χ3n) is 3.84. The molecule has 96 valence electrons. The van der Waals surface area contributed by atoms with Crippen LogP contribution in [0.4, 0.5) is 0 Å². The summed E-state index contributed by atoms with van der Waals surface area (Å²) in [5.41, 5.74) is 0. The second-order valence-corrected chi connectivity index (χ2v) is 6.99. The number of nitrogen functional groups attached to an aromatic ring is 1. The van der Waals surface area contributed by atoms with E-state index in [1.807, 2.05) is 4.68 Å². The summed E-state index contributed by atoms with van der Waals surface area (Å²) in [5.74, 6) is 6.34. The van der Waals surface area contributed by atoms with Gasteiger partial charge < -0.3 is 5.84 Å². The number of hydrogen-bond acceptors (Lipinski definition) is 3. The highest BCUT2D eigenvalue weighted by Gasteiger charge is 2.18. The molecule has 3 heterocycles. The van der Waals surface area contributed by atoms with Crippen molar-refractivity contribution >= 4 is 63.3 Å². The maximum Gasteiger partial charge on any atom is 0.125 e. The highest BCUT2D eigenvalue weighted by atomic mass is 32.1. The first kappa shape index (κ1) is 10.7. The molecule has 5 rings (SSSR count). The summed E-state index contributed by atoms with van der Waals surface area (Å²) in [4.78, 5) is 2.33. The molecule has 2 nitrogen and oxygen atoms in total. The van der Waals surface area contributed by atoms with Crippen molar-refractivity contribution in [2.24, 2.45) is 0 Å². The number of thiophene rings is 2. The number of nitrogens with two attached hydrogens (primary N) is 1. The fourth-order valence-electron chi connectivity index (χ4n) is 2.98. The van der Waals surface area contributed by atoms with Gasteiger partial charge >= 0.3 is 0 Å². The van der Waals surface area contributed by atoms with Gasteiger partial charge in [-0.15, -0.1) is 22.7 Å². The average molecular weight is 294 g/mol. The van der Waals surface area contributed by atoms with Crippen molar-refractivity contribution in [1.29, 1.82) is 0 Å². The molecular formula is C16H10N2S2. The lowest BCUT2D eigenvalue weighted by atomic mass is 10.1. The van der Waals surface area contributed by atoms with Crippen LogP contribution in [-0.4, -0.2) is 4.68 Å². The number of hydrogen-bond donors (Lipinski definition) is 1. The lowest BCUT2D eigenvalue weighted by Gasteiger charge is -1.91. The molecular weight excluding hydrogens is 284 g/mol. The van der Waals surface area contributed by atoms with E-state index in [4.69, 9.17) is 5.84 Å². The van der Waals surface area contributed by atoms with Gasteiger partial charge in [-0.25, -0.2) is 4.68 Å². The zero-order valence-corrected chi connectivity index (χ0v) is 12.1. The average Bonchev–Trinajstić information content (AvgIpc) is 3.10. The summed E-state index contributed by atoms with van der Waals surface area (Å²) in [6.07, 6.45) is 0. The molecule has 20 heavy (non-hydrogen) atoms. The van der Waals surface area contributed by atoms with Gasteiger partial charge in [0.15, 0.2) is 0 Å². The monoisotopic (exact) mass is 294 g/mol. The van der Waals surface area contributed by atoms with Gasteiger partial charge in [-0.05, 0) is 12.1 Å². The SMILES string of the molecule is Nn1c2sc3ccccc3c2c2c3ccccc3sc21. The highest BCUT2D eigenvalue weighted by molar-refractivity contribution is 7.28. The van der Waals surface area contributed by atoms with Gasteiger partial charge in [-0.1, -0.05) is 36.4 Å². The Morgan fingerprint density at radius 1 is 0.700 bits per heavy atom. The normalized spacial score (nSPS) is 12.2. The second kappa shape index (κ2) is 3.53. The number of nitrogens with zero attached hydrogens (tertiary/aromatic N) is 1. The molecule has 4 heteroatoms. The third kappa shape index (κ3) is 1.14. The van der Waals surface area contributed by atoms with Gasteiger partial charge in [0.1, 0.15) is 9.66 Å². The Kier molecular flexibility index (Phi) is 1.89. The summed E-state index contributed by atoms with van der Waals surface area (Å²) in [6, 6.07) is 17.1. The lowest BCUT2D eigenvalue weighted by Crippen LogP contribution is -2.04. The van der Waals surface area contributed by atoms with E-state index in [0.717, 1.165) is 0 Å². The van der Waals surface area contributed by atoms with Gasteiger partial charge in [-0.3, -0.25) is 0 Å². The Morgan fingerprint density at radius 2 is 1.15 bits per heavy atom. The van der Waals surface area contributed by atoms with E-state index in [-0.39, 0.29) is 0 Å². The molecule has 0 fully saturated rings. The molecule has 2 aromatic carbocycles. The van der Waals surface area contributed by atoms with Crippen molar-refractivity contribution in [3.8, 4) is 0 Å². The first-order chi connectivity index (χ1) is 9.84. The molecule has 0 unspecified atom stereocenters. The first-order valence-electron chi connectivity index (χ1n) is 6.43. The summed E-state index contributed by atoms with van der Waals surface area (Å²) in [7, 11) is 0. The summed E-state index contributed by atoms with van der Waals surface area (Å²) in [6.45, 7) is 0. The van der Waals surface area contributed by atoms with Crippen molar-refractivity contribution in [2.75, 3.05) is 5.84 Å². The van der Waals surface area contributed by atoms with Crippen LogP contribution in [0, 0.1) is 0 Å². The van der Waals surface area contributed by atoms with Crippen molar-refractivity contribution in [3.63, 3.8) is 0 Å². The highest BCUT2D eigenvalue weighted by Crippen LogP contribution is 2.45. The van der Waals surface area contributed by atoms with Gasteiger partial charge in [0, 0.05) is 30.9 Å². The molecule has 0 saturated carbocycles. The molecule has 0 aliphatic carbocycles. The van der Waals surface area contributed by atoms with Gasteiger partial charge in [0.25, 0.3) is 0 Å². The van der Waals surface area contributed by atoms with Crippen LogP contribution in [0.1, 0.15) is 0 Å². The van der Waals surface area contributed by atoms with Gasteiger partial charge in [0.2, 0.25) is 0 Å². The number of benzene rings is 2. The molecule has 0 atom stereocenters. The lowest BCUT2D eigenvalue weighted by molar-refractivity contribution is 1.15. The fourth-order valence-corrected chi connectivity index (χ4v) is 5.31. The van der Waals surface area contributed by atoms with Gasteiger partial charge in [0.05, 0.1) is 0 Å². The van der Waals surface area contributed by atoms with Crippen LogP contribution in [0.3, 0.4) is 0 Å². The minimum atomic E-state index is 1.17. The second-order valence-electron chi connectivity index (χ2n) is 4.93. The van der Waals surface area contributed by atoms with Crippen LogP contribution in [0.2, 0.25) is 0 Å². The van der Waals surface area contributed by atoms with Crippen molar-refractivity contribution in [3.05, 3.63) is 48.5 Å². The summed E-state index contributed by atoms with van der Waals surface area (Å²) < 4.78 is 4.46. The first-order valence-corrected chi connectivity index (χ1v) is 8.06. The fraction of sp³-hybridized carbons (Fsp3) is 0. The molecule has 0 bridgehead atoms. The Morgan fingerprint density at radius 3 is 1.65 bits per heavy atom. The van der Waals surface area contributed by atoms with Crippen LogP contribution < -0.4 is 5.84 Å². The zero-order chi connectivity index (χ0) is 13.3. The van der Waals surface area contributed by atoms with Crippen molar-refractivity contribution in [1.82, 2.24) is 4.68 Å². The van der Waals surface area contributed by atoms with Crippen molar-refractivity contribution in [2.45, 2.75) is 0 Å². The van der Waals surface area contributed by atoms with Crippen molar-refractivity contribution < 1.29 is 0 Å². The standard InChI is InChI=1S/C16H10N2S2/c17-18-15-13(9-5-1-3-7-11(9)19-15)14-10-6-2-4-8-12(10)20-16(14)18/h1-8H,17H2. The summed E-state index contributed by atoms with van der Waals surface area (Å²) in [5, 5.41) is 5.23. The number of aromatic nitrogens is 1. The number of fused-ring (bicyclic) bond motifs is 7. The molecule has 0 radical (unpaired) electrons. The smallest absolute Gasteiger partial charge is 0.125 e. The predicted octanol–water partition coefficient (Wildman–Crippen LogP) is 4.94. The van der Waals surface area contributed by atoms with E-state index in [1.165, 1.54) is 40.6 Å². The molecule has 0 spiro atoms. The summed E-state index contributed by atoms with van der Waals surface area (Å²) >= 11 is 3.54. The van der Waals surface area contributed by atoms with Crippen LogP contribution in [0.5, 0.6) is 0 Å². The maximum atomic E-state index is 6.34. The van der Waals surface area contributed by atoms with E-state index >= 15 is 0 Å². The molecule has 2 N–H and O–H groups in total. The Balaban J connectivity index is 2.20. The predicted molar refractivity (Wildman–Crippen MR) is 90.4 cm³/mol. The number of rotatable bonds is 0. The van der Waals surface area contributed by atoms with Crippen LogP contribution in [0.25, 0.3) is 40.6 Å². The Labute approximate surface area is 122 Å². The minimum Gasteiger partial charge on any atom is -0.337 e. The van der Waals surface area contributed by atoms with Crippen LogP contribution in [-0.2, 0) is 0 Å². The van der Waals surface area contributed by atoms with E-state index in [2.05, 4.69) is 48.5 Å². The minimum absolute atomic E-state index is 1.17. The topological polar surface area (TPSA) is 30.9 Å². The molecule has 0 aliphatic rings. The third-order valence-corrected chi connectivity index (χ3v) is 6.18. The molecule has 0 aliphatic heterocycles. The van der Waals surface area contributed by atoms with E-state index in [9.17, 15) is 0 Å². The molecule has 5 aromatic rings. The maximum absolute atomic E-state index is 6.34. The largest absolute Gasteiger partial charge is 0.337 e.